The number of hydrogen-bond acceptors (Lipinski definition) is 6. The van der Waals surface area contributed by atoms with Crippen molar-refractivity contribution in [2.24, 2.45) is 0 Å². The maximum atomic E-state index is 5.30. The van der Waals surface area contributed by atoms with Gasteiger partial charge in [0, 0.05) is 16.8 Å². The van der Waals surface area contributed by atoms with Crippen LogP contribution in [-0.2, 0) is 16.8 Å². The predicted octanol–water partition coefficient (Wildman–Crippen LogP) is 6.94. The van der Waals surface area contributed by atoms with Crippen molar-refractivity contribution in [1.82, 2.24) is 0 Å². The molecule has 0 fully saturated rings. The number of ether oxygens (including phenoxy) is 6. The third-order valence-corrected chi connectivity index (χ3v) is 12.9. The van der Waals surface area contributed by atoms with Crippen molar-refractivity contribution < 1.29 is 45.2 Å². The third kappa shape index (κ3) is 10.3. The first-order valence-electron chi connectivity index (χ1n) is 15.9. The van der Waals surface area contributed by atoms with E-state index in [1.807, 2.05) is 72.8 Å². The summed E-state index contributed by atoms with van der Waals surface area (Å²) in [5, 5.41) is 7.62. The molecule has 6 aromatic rings. The second-order valence-corrected chi connectivity index (χ2v) is 15.3. The Bertz CT molecular complexity index is 1520. The number of hydrogen-bond donors (Lipinski definition) is 0. The molecule has 9 heteroatoms. The van der Waals surface area contributed by atoms with E-state index in [1.54, 1.807) is 42.7 Å². The van der Waals surface area contributed by atoms with E-state index in [4.69, 9.17) is 28.4 Å². The molecule has 6 nitrogen and oxygen atoms in total. The SMILES string of the molecule is COc1ccc(P(c2ccc(OC)cc2)c2ccc(OC)cc2)cc1.COc1ccc(P(c2ccc(OC)cc2)c2ccc(OC)cc2)cc1.[Co]. The molecule has 0 aliphatic rings. The molecule has 0 aliphatic heterocycles. The van der Waals surface area contributed by atoms with Gasteiger partial charge in [-0.15, -0.1) is 0 Å². The summed E-state index contributed by atoms with van der Waals surface area (Å²) >= 11 is 0. The summed E-state index contributed by atoms with van der Waals surface area (Å²) in [7, 11) is 8.78. The molecule has 0 aliphatic carbocycles. The van der Waals surface area contributed by atoms with Crippen molar-refractivity contribution in [3.63, 3.8) is 0 Å². The van der Waals surface area contributed by atoms with Gasteiger partial charge >= 0.3 is 0 Å². The summed E-state index contributed by atoms with van der Waals surface area (Å²) < 4.78 is 31.8. The van der Waals surface area contributed by atoms with Crippen molar-refractivity contribution in [2.45, 2.75) is 0 Å². The summed E-state index contributed by atoms with van der Waals surface area (Å²) in [5.74, 6) is 5.18. The second-order valence-electron chi connectivity index (χ2n) is 10.9. The van der Waals surface area contributed by atoms with Gasteiger partial charge in [0.25, 0.3) is 0 Å². The van der Waals surface area contributed by atoms with Gasteiger partial charge in [0.1, 0.15) is 34.5 Å². The summed E-state index contributed by atoms with van der Waals surface area (Å²) in [6.07, 6.45) is 0. The van der Waals surface area contributed by atoms with Crippen LogP contribution in [0.3, 0.4) is 0 Å². The second kappa shape index (κ2) is 19.8. The van der Waals surface area contributed by atoms with Gasteiger partial charge in [-0.3, -0.25) is 0 Å². The van der Waals surface area contributed by atoms with E-state index in [0.717, 1.165) is 34.5 Å². The zero-order chi connectivity index (χ0) is 35.3. The zero-order valence-electron chi connectivity index (χ0n) is 29.5. The summed E-state index contributed by atoms with van der Waals surface area (Å²) in [6, 6.07) is 49.8. The molecule has 6 aromatic carbocycles. The van der Waals surface area contributed by atoms with Crippen LogP contribution in [0.15, 0.2) is 146 Å². The van der Waals surface area contributed by atoms with E-state index in [2.05, 4.69) is 72.8 Å². The van der Waals surface area contributed by atoms with Crippen LogP contribution in [0.4, 0.5) is 0 Å². The average molecular weight is 764 g/mol. The van der Waals surface area contributed by atoms with E-state index < -0.39 is 15.8 Å². The molecule has 51 heavy (non-hydrogen) atoms. The monoisotopic (exact) mass is 763 g/mol. The molecule has 0 unspecified atom stereocenters. The largest absolute Gasteiger partial charge is 0.497 e. The first kappa shape index (κ1) is 39.3. The molecule has 0 N–H and O–H groups in total. The molecule has 0 saturated carbocycles. The van der Waals surface area contributed by atoms with E-state index in [0.29, 0.717) is 0 Å². The van der Waals surface area contributed by atoms with Crippen molar-refractivity contribution >= 4 is 47.7 Å². The van der Waals surface area contributed by atoms with Gasteiger partial charge in [-0.25, -0.2) is 0 Å². The summed E-state index contributed by atoms with van der Waals surface area (Å²) in [4.78, 5) is 0. The fraction of sp³-hybridized carbons (Fsp3) is 0.143. The van der Waals surface area contributed by atoms with E-state index >= 15 is 0 Å². The quantitative estimate of drug-likeness (QED) is 0.126. The molecule has 6 rings (SSSR count). The van der Waals surface area contributed by atoms with Crippen molar-refractivity contribution in [1.29, 1.82) is 0 Å². The minimum Gasteiger partial charge on any atom is -0.497 e. The fourth-order valence-corrected chi connectivity index (χ4v) is 9.75. The van der Waals surface area contributed by atoms with E-state index in [-0.39, 0.29) is 16.8 Å². The van der Waals surface area contributed by atoms with Crippen LogP contribution in [0.1, 0.15) is 0 Å². The standard InChI is InChI=1S/2C21H21O3P.Co/c2*1-22-16-4-10-19(11-5-16)25(20-12-6-17(23-2)7-13-20)21-14-8-18(24-3)9-15-21;/h2*4-15H,1-3H3;. The molecular formula is C42H42CoO6P2. The van der Waals surface area contributed by atoms with E-state index in [1.165, 1.54) is 31.8 Å². The molecule has 1 radical (unpaired) electrons. The minimum atomic E-state index is -0.665. The predicted molar refractivity (Wildman–Crippen MR) is 210 cm³/mol. The van der Waals surface area contributed by atoms with Gasteiger partial charge in [-0.1, -0.05) is 72.8 Å². The molecule has 0 atom stereocenters. The topological polar surface area (TPSA) is 55.4 Å². The fourth-order valence-electron chi connectivity index (χ4n) is 5.28. The van der Waals surface area contributed by atoms with Gasteiger partial charge in [-0.05, 0) is 120 Å². The van der Waals surface area contributed by atoms with Crippen LogP contribution >= 0.6 is 15.8 Å². The summed E-state index contributed by atoms with van der Waals surface area (Å²) in [5.41, 5.74) is 0. The number of methoxy groups -OCH3 is 6. The van der Waals surface area contributed by atoms with Gasteiger partial charge in [0.05, 0.1) is 42.7 Å². The Labute approximate surface area is 314 Å². The Kier molecular flexibility index (Phi) is 15.2. The van der Waals surface area contributed by atoms with Crippen LogP contribution in [0, 0.1) is 0 Å². The van der Waals surface area contributed by atoms with Crippen LogP contribution in [0.2, 0.25) is 0 Å². The average Bonchev–Trinajstić information content (AvgIpc) is 3.20. The van der Waals surface area contributed by atoms with Crippen LogP contribution in [-0.4, -0.2) is 42.7 Å². The Hall–Kier alpha value is -4.51. The third-order valence-electron chi connectivity index (χ3n) is 7.98. The molecule has 0 amide bonds. The molecule has 0 heterocycles. The first-order chi connectivity index (χ1) is 24.5. The molecular weight excluding hydrogens is 721 g/mol. The van der Waals surface area contributed by atoms with Gasteiger partial charge in [-0.2, -0.15) is 0 Å². The maximum absolute atomic E-state index is 5.30. The number of rotatable bonds is 12. The van der Waals surface area contributed by atoms with Gasteiger partial charge in [0.2, 0.25) is 0 Å². The maximum Gasteiger partial charge on any atom is 0.118 e. The Morgan fingerprint density at radius 1 is 0.235 bits per heavy atom. The smallest absolute Gasteiger partial charge is 0.118 e. The number of benzene rings is 6. The minimum absolute atomic E-state index is 0. The van der Waals surface area contributed by atoms with Crippen molar-refractivity contribution in [3.05, 3.63) is 146 Å². The first-order valence-corrected chi connectivity index (χ1v) is 18.6. The molecule has 0 aromatic heterocycles. The normalized spacial score (nSPS) is 10.4. The zero-order valence-corrected chi connectivity index (χ0v) is 32.4. The molecule has 265 valence electrons. The van der Waals surface area contributed by atoms with Crippen LogP contribution < -0.4 is 60.2 Å². The summed E-state index contributed by atoms with van der Waals surface area (Å²) in [6.45, 7) is 0. The molecule has 0 saturated heterocycles. The van der Waals surface area contributed by atoms with Crippen molar-refractivity contribution in [2.75, 3.05) is 42.7 Å². The molecule has 0 bridgehead atoms. The van der Waals surface area contributed by atoms with E-state index in [9.17, 15) is 0 Å². The van der Waals surface area contributed by atoms with Crippen molar-refractivity contribution in [3.8, 4) is 34.5 Å². The van der Waals surface area contributed by atoms with Crippen LogP contribution in [0.5, 0.6) is 34.5 Å². The Morgan fingerprint density at radius 3 is 0.451 bits per heavy atom. The Morgan fingerprint density at radius 2 is 0.353 bits per heavy atom. The van der Waals surface area contributed by atoms with Crippen LogP contribution in [0.25, 0.3) is 0 Å². The van der Waals surface area contributed by atoms with Gasteiger partial charge in [0.15, 0.2) is 0 Å². The van der Waals surface area contributed by atoms with Gasteiger partial charge < -0.3 is 28.4 Å². The molecule has 0 spiro atoms. The Balaban J connectivity index is 0.000000224.